The van der Waals surface area contributed by atoms with Crippen molar-refractivity contribution >= 4 is 23.7 Å². The molecule has 25 heavy (non-hydrogen) atoms. The maximum absolute atomic E-state index is 12.1. The molecular weight excluding hydrogens is 318 g/mol. The summed E-state index contributed by atoms with van der Waals surface area (Å²) in [5.74, 6) is -0.648. The first kappa shape index (κ1) is 18.1. The van der Waals surface area contributed by atoms with E-state index in [1.807, 2.05) is 24.3 Å². The fraction of sp³-hybridized carbons (Fsp3) is 0.150. The van der Waals surface area contributed by atoms with Crippen LogP contribution in [0.2, 0.25) is 0 Å². The van der Waals surface area contributed by atoms with Gasteiger partial charge < -0.3 is 10.1 Å². The smallest absolute Gasteiger partial charge is 0.330 e. The quantitative estimate of drug-likeness (QED) is 0.500. The van der Waals surface area contributed by atoms with Crippen LogP contribution in [0.3, 0.4) is 0 Å². The molecule has 0 atom stereocenters. The lowest BCUT2D eigenvalue weighted by atomic mass is 10.1. The Balaban J connectivity index is 1.92. The third-order valence-electron chi connectivity index (χ3n) is 3.60. The first-order valence-corrected chi connectivity index (χ1v) is 7.74. The molecule has 1 N–H and O–H groups in total. The van der Waals surface area contributed by atoms with E-state index in [4.69, 9.17) is 0 Å². The van der Waals surface area contributed by atoms with Gasteiger partial charge in [0.25, 0.3) is 5.91 Å². The number of carbonyl (C=O) groups is 3. The second-order valence-electron chi connectivity index (χ2n) is 5.41. The summed E-state index contributed by atoms with van der Waals surface area (Å²) in [6.45, 7) is 1.87. The fourth-order valence-corrected chi connectivity index (χ4v) is 2.12. The normalized spacial score (nSPS) is 10.5. The first-order valence-electron chi connectivity index (χ1n) is 7.74. The zero-order chi connectivity index (χ0) is 18.2. The summed E-state index contributed by atoms with van der Waals surface area (Å²) in [5.41, 5.74) is 2.87. The SMILES string of the molecule is COC(=O)/C=C/c1ccc(CNC(=O)c2ccc(C(C)=O)cc2)cc1. The van der Waals surface area contributed by atoms with Gasteiger partial charge in [0.15, 0.2) is 5.78 Å². The fourth-order valence-electron chi connectivity index (χ4n) is 2.12. The molecule has 0 aliphatic carbocycles. The van der Waals surface area contributed by atoms with Crippen molar-refractivity contribution < 1.29 is 19.1 Å². The standard InChI is InChI=1S/C20H19NO4/c1-14(22)17-8-10-18(11-9-17)20(24)21-13-16-5-3-15(4-6-16)7-12-19(23)25-2/h3-12H,13H2,1-2H3,(H,21,24)/b12-7+. The van der Waals surface area contributed by atoms with Crippen molar-refractivity contribution in [2.75, 3.05) is 7.11 Å². The molecule has 0 saturated carbocycles. The minimum absolute atomic E-state index is 0.0340. The van der Waals surface area contributed by atoms with Gasteiger partial charge in [0, 0.05) is 23.7 Å². The van der Waals surface area contributed by atoms with Crippen molar-refractivity contribution in [3.05, 3.63) is 76.9 Å². The van der Waals surface area contributed by atoms with Gasteiger partial charge >= 0.3 is 5.97 Å². The highest BCUT2D eigenvalue weighted by atomic mass is 16.5. The molecule has 0 aromatic heterocycles. The number of ether oxygens (including phenoxy) is 1. The van der Waals surface area contributed by atoms with Gasteiger partial charge in [-0.25, -0.2) is 4.79 Å². The third kappa shape index (κ3) is 5.42. The Morgan fingerprint density at radius 3 is 2.12 bits per heavy atom. The molecule has 0 spiro atoms. The molecule has 0 bridgehead atoms. The summed E-state index contributed by atoms with van der Waals surface area (Å²) < 4.78 is 4.53. The molecule has 0 aliphatic rings. The molecular formula is C20H19NO4. The Labute approximate surface area is 146 Å². The summed E-state index contributed by atoms with van der Waals surface area (Å²) >= 11 is 0. The molecule has 0 heterocycles. The van der Waals surface area contributed by atoms with Gasteiger partial charge in [0.05, 0.1) is 7.11 Å². The summed E-state index contributed by atoms with van der Waals surface area (Å²) in [5, 5.41) is 2.83. The number of nitrogens with one attached hydrogen (secondary N) is 1. The zero-order valence-corrected chi connectivity index (χ0v) is 14.1. The van der Waals surface area contributed by atoms with E-state index in [-0.39, 0.29) is 11.7 Å². The van der Waals surface area contributed by atoms with E-state index in [0.29, 0.717) is 17.7 Å². The number of carbonyl (C=O) groups excluding carboxylic acids is 3. The Bertz CT molecular complexity index is 789. The van der Waals surface area contributed by atoms with Crippen LogP contribution in [0, 0.1) is 0 Å². The van der Waals surface area contributed by atoms with E-state index in [1.54, 1.807) is 30.3 Å². The van der Waals surface area contributed by atoms with Crippen molar-refractivity contribution in [1.82, 2.24) is 5.32 Å². The molecule has 128 valence electrons. The summed E-state index contributed by atoms with van der Waals surface area (Å²) in [6, 6.07) is 14.0. The number of hydrogen-bond acceptors (Lipinski definition) is 4. The Morgan fingerprint density at radius 1 is 0.960 bits per heavy atom. The van der Waals surface area contributed by atoms with Gasteiger partial charge in [-0.2, -0.15) is 0 Å². The highest BCUT2D eigenvalue weighted by Crippen LogP contribution is 2.08. The van der Waals surface area contributed by atoms with Crippen LogP contribution in [-0.2, 0) is 16.1 Å². The van der Waals surface area contributed by atoms with Crippen LogP contribution in [0.15, 0.2) is 54.6 Å². The highest BCUT2D eigenvalue weighted by Gasteiger charge is 2.06. The molecule has 2 rings (SSSR count). The minimum Gasteiger partial charge on any atom is -0.466 e. The molecule has 5 nitrogen and oxygen atoms in total. The van der Waals surface area contributed by atoms with Crippen LogP contribution in [0.1, 0.15) is 38.8 Å². The van der Waals surface area contributed by atoms with E-state index in [0.717, 1.165) is 11.1 Å². The van der Waals surface area contributed by atoms with Gasteiger partial charge in [-0.05, 0) is 36.3 Å². The molecule has 0 unspecified atom stereocenters. The number of methoxy groups -OCH3 is 1. The van der Waals surface area contributed by atoms with Crippen molar-refractivity contribution in [3.63, 3.8) is 0 Å². The topological polar surface area (TPSA) is 72.5 Å². The van der Waals surface area contributed by atoms with Gasteiger partial charge in [-0.15, -0.1) is 0 Å². The largest absolute Gasteiger partial charge is 0.466 e. The van der Waals surface area contributed by atoms with Crippen LogP contribution in [-0.4, -0.2) is 24.8 Å². The van der Waals surface area contributed by atoms with Gasteiger partial charge in [-0.3, -0.25) is 9.59 Å². The van der Waals surface area contributed by atoms with E-state index in [1.165, 1.54) is 20.1 Å². The second-order valence-corrected chi connectivity index (χ2v) is 5.41. The average Bonchev–Trinajstić information content (AvgIpc) is 2.65. The molecule has 1 amide bonds. The average molecular weight is 337 g/mol. The Hall–Kier alpha value is -3.21. The number of benzene rings is 2. The lowest BCUT2D eigenvalue weighted by Gasteiger charge is -2.06. The maximum Gasteiger partial charge on any atom is 0.330 e. The lowest BCUT2D eigenvalue weighted by Crippen LogP contribution is -2.22. The highest BCUT2D eigenvalue weighted by molar-refractivity contribution is 5.97. The monoisotopic (exact) mass is 337 g/mol. The first-order chi connectivity index (χ1) is 12.0. The van der Waals surface area contributed by atoms with E-state index in [9.17, 15) is 14.4 Å². The van der Waals surface area contributed by atoms with Crippen molar-refractivity contribution in [2.24, 2.45) is 0 Å². The van der Waals surface area contributed by atoms with Crippen molar-refractivity contribution in [3.8, 4) is 0 Å². The van der Waals surface area contributed by atoms with E-state index >= 15 is 0 Å². The number of rotatable bonds is 6. The molecule has 2 aromatic rings. The molecule has 0 saturated heterocycles. The van der Waals surface area contributed by atoms with E-state index in [2.05, 4.69) is 10.1 Å². The second kappa shape index (κ2) is 8.59. The number of ketones is 1. The summed E-state index contributed by atoms with van der Waals surface area (Å²) in [6.07, 6.45) is 3.01. The summed E-state index contributed by atoms with van der Waals surface area (Å²) in [7, 11) is 1.33. The van der Waals surface area contributed by atoms with Gasteiger partial charge in [-0.1, -0.05) is 36.4 Å². The summed E-state index contributed by atoms with van der Waals surface area (Å²) in [4.78, 5) is 34.4. The van der Waals surface area contributed by atoms with Crippen LogP contribution in [0.5, 0.6) is 0 Å². The number of amides is 1. The maximum atomic E-state index is 12.1. The van der Waals surface area contributed by atoms with E-state index < -0.39 is 5.97 Å². The Kier molecular flexibility index (Phi) is 6.23. The van der Waals surface area contributed by atoms with Crippen LogP contribution in [0.25, 0.3) is 6.08 Å². The van der Waals surface area contributed by atoms with Crippen molar-refractivity contribution in [1.29, 1.82) is 0 Å². The van der Waals surface area contributed by atoms with Crippen molar-refractivity contribution in [2.45, 2.75) is 13.5 Å². The number of esters is 1. The van der Waals surface area contributed by atoms with Gasteiger partial charge in [0.2, 0.25) is 0 Å². The third-order valence-corrected chi connectivity index (χ3v) is 3.60. The molecule has 2 aromatic carbocycles. The molecule has 0 aliphatic heterocycles. The molecule has 0 radical (unpaired) electrons. The van der Waals surface area contributed by atoms with Gasteiger partial charge in [0.1, 0.15) is 0 Å². The van der Waals surface area contributed by atoms with Crippen LogP contribution in [0.4, 0.5) is 0 Å². The number of Topliss-reactive ketones (excluding diaryl/α,β-unsaturated/α-hetero) is 1. The minimum atomic E-state index is -0.410. The zero-order valence-electron chi connectivity index (χ0n) is 14.1. The number of hydrogen-bond donors (Lipinski definition) is 1. The predicted octanol–water partition coefficient (Wildman–Crippen LogP) is 3.01. The molecule has 0 fully saturated rings. The predicted molar refractivity (Wildman–Crippen MR) is 95.1 cm³/mol. The molecule has 5 heteroatoms. The van der Waals surface area contributed by atoms with Crippen LogP contribution >= 0.6 is 0 Å². The Morgan fingerprint density at radius 2 is 1.56 bits per heavy atom. The lowest BCUT2D eigenvalue weighted by molar-refractivity contribution is -0.134. The van der Waals surface area contributed by atoms with Crippen LogP contribution < -0.4 is 5.32 Å².